The second-order valence-electron chi connectivity index (χ2n) is 6.93. The van der Waals surface area contributed by atoms with Gasteiger partial charge < -0.3 is 19.4 Å². The van der Waals surface area contributed by atoms with Crippen LogP contribution in [-0.2, 0) is 14.6 Å². The molecule has 2 saturated heterocycles. The summed E-state index contributed by atoms with van der Waals surface area (Å²) in [4.78, 5) is 30.8. The number of carbonyl (C=O) groups is 2. The number of amides is 3. The van der Waals surface area contributed by atoms with Crippen LogP contribution in [0, 0.1) is 0 Å². The van der Waals surface area contributed by atoms with E-state index in [4.69, 9.17) is 16.3 Å². The van der Waals surface area contributed by atoms with Gasteiger partial charge in [0, 0.05) is 45.5 Å². The van der Waals surface area contributed by atoms with Gasteiger partial charge in [-0.1, -0.05) is 11.6 Å². The Morgan fingerprint density at radius 3 is 2.21 bits per heavy atom. The Morgan fingerprint density at radius 1 is 0.964 bits per heavy atom. The van der Waals surface area contributed by atoms with Crippen molar-refractivity contribution in [1.82, 2.24) is 14.7 Å². The van der Waals surface area contributed by atoms with Crippen LogP contribution < -0.4 is 0 Å². The molecule has 3 rings (SSSR count). The highest BCUT2D eigenvalue weighted by Crippen LogP contribution is 2.23. The van der Waals surface area contributed by atoms with Crippen LogP contribution in [0.3, 0.4) is 0 Å². The number of nitrogens with zero attached hydrogens (tertiary/aromatic N) is 3. The van der Waals surface area contributed by atoms with E-state index >= 15 is 0 Å². The Hall–Kier alpha value is -1.84. The molecule has 0 unspecified atom stereocenters. The van der Waals surface area contributed by atoms with E-state index < -0.39 is 9.84 Å². The summed E-state index contributed by atoms with van der Waals surface area (Å²) in [5.41, 5.74) is 0.266. The second-order valence-corrected chi connectivity index (χ2v) is 9.35. The molecule has 0 N–H and O–H groups in total. The van der Waals surface area contributed by atoms with Gasteiger partial charge in [0.15, 0.2) is 9.84 Å². The maximum absolute atomic E-state index is 12.9. The SMILES string of the molecule is CS(=O)(=O)c1ccc(C(=O)N2CCCN(C(=O)N3CCOCC3)CC2)c(Cl)c1. The molecule has 0 spiro atoms. The normalized spacial score (nSPS) is 18.7. The topological polar surface area (TPSA) is 87.2 Å². The van der Waals surface area contributed by atoms with E-state index in [1.54, 1.807) is 14.7 Å². The molecule has 1 aromatic rings. The lowest BCUT2D eigenvalue weighted by atomic mass is 10.2. The van der Waals surface area contributed by atoms with Crippen molar-refractivity contribution < 1.29 is 22.7 Å². The first kappa shape index (κ1) is 20.9. The fraction of sp³-hybridized carbons (Fsp3) is 0.556. The number of sulfone groups is 1. The summed E-state index contributed by atoms with van der Waals surface area (Å²) in [6.45, 7) is 4.20. The number of carbonyl (C=O) groups excluding carboxylic acids is 2. The minimum Gasteiger partial charge on any atom is -0.378 e. The van der Waals surface area contributed by atoms with Crippen LogP contribution in [-0.4, -0.2) is 93.8 Å². The van der Waals surface area contributed by atoms with Gasteiger partial charge in [-0.15, -0.1) is 0 Å². The van der Waals surface area contributed by atoms with E-state index in [-0.39, 0.29) is 27.4 Å². The van der Waals surface area contributed by atoms with Crippen LogP contribution in [0.5, 0.6) is 0 Å². The highest BCUT2D eigenvalue weighted by atomic mass is 35.5. The van der Waals surface area contributed by atoms with Gasteiger partial charge in [-0.3, -0.25) is 4.79 Å². The van der Waals surface area contributed by atoms with Crippen LogP contribution in [0.15, 0.2) is 23.1 Å². The summed E-state index contributed by atoms with van der Waals surface area (Å²) in [5.74, 6) is -0.259. The fourth-order valence-corrected chi connectivity index (χ4v) is 4.31. The molecule has 8 nitrogen and oxygen atoms in total. The van der Waals surface area contributed by atoms with Crippen LogP contribution >= 0.6 is 11.6 Å². The third kappa shape index (κ3) is 4.76. The van der Waals surface area contributed by atoms with Gasteiger partial charge in [0.05, 0.1) is 28.7 Å². The summed E-state index contributed by atoms with van der Waals surface area (Å²) in [7, 11) is -3.39. The number of halogens is 1. The molecule has 1 aromatic carbocycles. The molecular formula is C18H24ClN3O5S. The Morgan fingerprint density at radius 2 is 1.57 bits per heavy atom. The zero-order chi connectivity index (χ0) is 20.3. The highest BCUT2D eigenvalue weighted by Gasteiger charge is 2.27. The molecule has 2 aliphatic rings. The molecule has 28 heavy (non-hydrogen) atoms. The monoisotopic (exact) mass is 429 g/mol. The molecule has 0 radical (unpaired) electrons. The predicted molar refractivity (Wildman–Crippen MR) is 104 cm³/mol. The van der Waals surface area contributed by atoms with E-state index in [1.165, 1.54) is 18.2 Å². The quantitative estimate of drug-likeness (QED) is 0.708. The van der Waals surface area contributed by atoms with Crippen molar-refractivity contribution in [2.75, 3.05) is 58.7 Å². The van der Waals surface area contributed by atoms with Gasteiger partial charge in [-0.05, 0) is 24.6 Å². The molecular weight excluding hydrogens is 406 g/mol. The lowest BCUT2D eigenvalue weighted by Crippen LogP contribution is -2.49. The second kappa shape index (κ2) is 8.67. The van der Waals surface area contributed by atoms with Gasteiger partial charge in [0.25, 0.3) is 5.91 Å². The van der Waals surface area contributed by atoms with Crippen LogP contribution in [0.4, 0.5) is 4.79 Å². The molecule has 3 amide bonds. The minimum absolute atomic E-state index is 0.0202. The highest BCUT2D eigenvalue weighted by molar-refractivity contribution is 7.90. The number of morpholine rings is 1. The van der Waals surface area contributed by atoms with Crippen molar-refractivity contribution in [3.8, 4) is 0 Å². The van der Waals surface area contributed by atoms with Crippen molar-refractivity contribution in [3.05, 3.63) is 28.8 Å². The molecule has 2 aliphatic heterocycles. The number of hydrogen-bond donors (Lipinski definition) is 0. The molecule has 154 valence electrons. The molecule has 0 aromatic heterocycles. The van der Waals surface area contributed by atoms with Crippen molar-refractivity contribution in [3.63, 3.8) is 0 Å². The van der Waals surface area contributed by atoms with Crippen LogP contribution in [0.25, 0.3) is 0 Å². The van der Waals surface area contributed by atoms with Crippen molar-refractivity contribution in [2.45, 2.75) is 11.3 Å². The molecule has 0 bridgehead atoms. The third-order valence-electron chi connectivity index (χ3n) is 4.93. The molecule has 2 heterocycles. The predicted octanol–water partition coefficient (Wildman–Crippen LogP) is 1.34. The Balaban J connectivity index is 1.66. The summed E-state index contributed by atoms with van der Waals surface area (Å²) in [5, 5.41) is 0.110. The minimum atomic E-state index is -3.39. The number of hydrogen-bond acceptors (Lipinski definition) is 5. The first-order valence-electron chi connectivity index (χ1n) is 9.18. The van der Waals surface area contributed by atoms with E-state index in [9.17, 15) is 18.0 Å². The maximum atomic E-state index is 12.9. The molecule has 10 heteroatoms. The van der Waals surface area contributed by atoms with E-state index in [0.717, 1.165) is 6.26 Å². The Bertz CT molecular complexity index is 855. The summed E-state index contributed by atoms with van der Waals surface area (Å²) >= 11 is 6.18. The van der Waals surface area contributed by atoms with Gasteiger partial charge in [0.2, 0.25) is 0 Å². The average molecular weight is 430 g/mol. The Kier molecular flexibility index (Phi) is 6.47. The maximum Gasteiger partial charge on any atom is 0.320 e. The number of urea groups is 1. The number of benzene rings is 1. The van der Waals surface area contributed by atoms with E-state index in [2.05, 4.69) is 0 Å². The zero-order valence-electron chi connectivity index (χ0n) is 15.8. The summed E-state index contributed by atoms with van der Waals surface area (Å²) in [6.07, 6.45) is 1.76. The van der Waals surface area contributed by atoms with Gasteiger partial charge in [0.1, 0.15) is 0 Å². The van der Waals surface area contributed by atoms with Gasteiger partial charge in [-0.25, -0.2) is 13.2 Å². The largest absolute Gasteiger partial charge is 0.378 e. The average Bonchev–Trinajstić information content (AvgIpc) is 2.93. The molecule has 2 fully saturated rings. The Labute approximate surface area is 169 Å². The smallest absolute Gasteiger partial charge is 0.320 e. The molecule has 0 atom stereocenters. The zero-order valence-corrected chi connectivity index (χ0v) is 17.3. The third-order valence-corrected chi connectivity index (χ3v) is 6.36. The first-order valence-corrected chi connectivity index (χ1v) is 11.4. The first-order chi connectivity index (χ1) is 13.3. The van der Waals surface area contributed by atoms with E-state index in [0.29, 0.717) is 58.9 Å². The fourth-order valence-electron chi connectivity index (χ4n) is 3.34. The van der Waals surface area contributed by atoms with Crippen molar-refractivity contribution in [1.29, 1.82) is 0 Å². The van der Waals surface area contributed by atoms with E-state index in [1.807, 2.05) is 0 Å². The lowest BCUT2D eigenvalue weighted by Gasteiger charge is -2.32. The van der Waals surface area contributed by atoms with Crippen LogP contribution in [0.2, 0.25) is 5.02 Å². The summed E-state index contributed by atoms with van der Waals surface area (Å²) < 4.78 is 28.6. The van der Waals surface area contributed by atoms with Gasteiger partial charge in [-0.2, -0.15) is 0 Å². The number of ether oxygens (including phenoxy) is 1. The lowest BCUT2D eigenvalue weighted by molar-refractivity contribution is 0.0435. The molecule has 0 saturated carbocycles. The summed E-state index contributed by atoms with van der Waals surface area (Å²) in [6, 6.07) is 4.12. The van der Waals surface area contributed by atoms with Crippen molar-refractivity contribution in [2.24, 2.45) is 0 Å². The van der Waals surface area contributed by atoms with Crippen molar-refractivity contribution >= 4 is 33.4 Å². The number of rotatable bonds is 2. The van der Waals surface area contributed by atoms with Gasteiger partial charge >= 0.3 is 6.03 Å². The standard InChI is InChI=1S/C18H24ClN3O5S/c1-28(25,26)14-3-4-15(16(19)13-14)17(23)20-5-2-6-21(8-7-20)18(24)22-9-11-27-12-10-22/h3-4,13H,2,5-12H2,1H3. The molecule has 0 aliphatic carbocycles. The van der Waals surface area contributed by atoms with Crippen LogP contribution in [0.1, 0.15) is 16.8 Å².